The largest absolute Gasteiger partial charge is 0.481 e. The van der Waals surface area contributed by atoms with Gasteiger partial charge in [0, 0.05) is 60.6 Å². The fourth-order valence-corrected chi connectivity index (χ4v) is 13.1. The molecule has 478 valence electrons. The molecule has 1 aliphatic heterocycles. The Bertz CT molecular complexity index is 3550. The van der Waals surface area contributed by atoms with Crippen molar-refractivity contribution in [3.63, 3.8) is 0 Å². The van der Waals surface area contributed by atoms with Gasteiger partial charge in [0.1, 0.15) is 42.1 Å². The summed E-state index contributed by atoms with van der Waals surface area (Å²) in [7, 11) is -16.6. The summed E-state index contributed by atoms with van der Waals surface area (Å²) >= 11 is 0.837. The summed E-state index contributed by atoms with van der Waals surface area (Å²) in [4.78, 5) is 104. The zero-order valence-electron chi connectivity index (χ0n) is 47.8. The second-order valence-electron chi connectivity index (χ2n) is 21.3. The maximum Gasteiger partial charge on any atom is 0.481 e. The number of aliphatic hydroxyl groups excluding tert-OH is 4. The van der Waals surface area contributed by atoms with Gasteiger partial charge in [0.15, 0.2) is 22.8 Å². The fraction of sp³-hybridized carbons (Fsp3) is 0.426. The molecule has 7 unspecified atom stereocenters. The van der Waals surface area contributed by atoms with Crippen LogP contribution in [0.5, 0.6) is 0 Å². The number of nitrogens with two attached hydrogens (primary N) is 1. The van der Waals surface area contributed by atoms with Gasteiger partial charge in [-0.05, 0) is 66.3 Å². The number of hydrogen-bond donors (Lipinski definition) is 12. The minimum atomic E-state index is -5.64. The van der Waals surface area contributed by atoms with Crippen LogP contribution < -0.4 is 21.7 Å². The number of aromatic nitrogens is 5. The van der Waals surface area contributed by atoms with Crippen molar-refractivity contribution in [1.82, 2.24) is 34.7 Å². The van der Waals surface area contributed by atoms with Crippen LogP contribution in [0, 0.1) is 11.2 Å². The van der Waals surface area contributed by atoms with E-state index in [1.807, 2.05) is 54.8 Å². The number of nitrogens with one attached hydrogen (secondary N) is 3. The molecule has 3 amide bonds. The molecule has 0 aliphatic carbocycles. The number of rotatable bonds is 31. The zero-order chi connectivity index (χ0) is 64.3. The van der Waals surface area contributed by atoms with Gasteiger partial charge in [-0.3, -0.25) is 37.3 Å². The van der Waals surface area contributed by atoms with Gasteiger partial charge in [-0.2, -0.15) is 4.31 Å². The van der Waals surface area contributed by atoms with E-state index in [-0.39, 0.29) is 79.9 Å². The van der Waals surface area contributed by atoms with Gasteiger partial charge in [0.25, 0.3) is 5.91 Å². The number of nitrogens with zero attached hydrogens (tertiary/aromatic N) is 5. The standard InChI is InChI=1S/C54H69FN9O20P3S/c1-31(2)44-42(51(71)62-35-13-9-6-10-14-35)41(32-11-7-5-8-12-32)45(33-15-17-34(55)18-16-33)63(44)23-20-36(65)25-37(66)26-40(68)88-24-22-57-39(67)19-21-58-52(72)48(70)54(3,4)28-81-87(78,79)84-86(76,77)80-27-38-47(83-85(73,74)75)46(69)53(82-38)64-30-61-43-49(56)59-29-60-50(43)64/h5-18,29-31,36-38,46-48,53,65-66,69-70H,19-28H2,1-4H3,(H,57,67)(H,58,72)(H,62,71)(H,76,77)(H,78,79)(H2,56,59,60)(H2,73,74,75)/t36-,37-,38?,46?,47?,48?,53?/m1/s1. The highest BCUT2D eigenvalue weighted by molar-refractivity contribution is 8.13. The highest BCUT2D eigenvalue weighted by Gasteiger charge is 2.50. The quantitative estimate of drug-likeness (QED) is 0.0203. The number of imidazole rings is 1. The lowest BCUT2D eigenvalue weighted by Crippen LogP contribution is -2.46. The van der Waals surface area contributed by atoms with E-state index in [1.165, 1.54) is 26.0 Å². The maximum absolute atomic E-state index is 14.4. The first-order valence-electron chi connectivity index (χ1n) is 27.3. The van der Waals surface area contributed by atoms with Crippen molar-refractivity contribution in [2.75, 3.05) is 43.1 Å². The number of fused-ring (bicyclic) bond motifs is 1. The zero-order valence-corrected chi connectivity index (χ0v) is 51.3. The Hall–Kier alpha value is -6.18. The minimum absolute atomic E-state index is 0.00557. The number of aliphatic hydroxyl groups is 4. The van der Waals surface area contributed by atoms with Crippen LogP contribution in [0.3, 0.4) is 0 Å². The number of amides is 3. The first-order chi connectivity index (χ1) is 41.4. The summed E-state index contributed by atoms with van der Waals surface area (Å²) in [5.74, 6) is -2.59. The van der Waals surface area contributed by atoms with Crippen LogP contribution >= 0.6 is 35.2 Å². The number of phosphoric acid groups is 3. The summed E-state index contributed by atoms with van der Waals surface area (Å²) in [6.45, 7) is 4.10. The van der Waals surface area contributed by atoms with Crippen molar-refractivity contribution in [2.45, 2.75) is 109 Å². The highest BCUT2D eigenvalue weighted by Crippen LogP contribution is 2.61. The van der Waals surface area contributed by atoms with E-state index in [2.05, 4.69) is 39.7 Å². The molecule has 0 bridgehead atoms. The Labute approximate surface area is 507 Å². The maximum atomic E-state index is 14.4. The van der Waals surface area contributed by atoms with Crippen molar-refractivity contribution in [3.8, 4) is 22.4 Å². The number of phosphoric ester groups is 3. The van der Waals surface area contributed by atoms with E-state index in [0.717, 1.165) is 34.5 Å². The number of carbonyl (C=O) groups is 4. The van der Waals surface area contributed by atoms with E-state index in [4.69, 9.17) is 19.5 Å². The molecule has 3 aromatic heterocycles. The summed E-state index contributed by atoms with van der Waals surface area (Å²) in [5.41, 5.74) is 8.45. The molecule has 88 heavy (non-hydrogen) atoms. The molecule has 0 saturated carbocycles. The number of ether oxygens (including phenoxy) is 1. The molecular formula is C54H69FN9O20P3S. The van der Waals surface area contributed by atoms with E-state index in [1.54, 1.807) is 36.4 Å². The lowest BCUT2D eigenvalue weighted by molar-refractivity contribution is -0.137. The number of thioether (sulfide) groups is 1. The number of hydrogen-bond acceptors (Lipinski definition) is 21. The molecule has 7 rings (SSSR count). The van der Waals surface area contributed by atoms with E-state index >= 15 is 0 Å². The Morgan fingerprint density at radius 3 is 2.17 bits per heavy atom. The van der Waals surface area contributed by atoms with Crippen LogP contribution in [0.15, 0.2) is 97.6 Å². The van der Waals surface area contributed by atoms with Gasteiger partial charge >= 0.3 is 23.5 Å². The summed E-state index contributed by atoms with van der Waals surface area (Å²) < 4.78 is 79.1. The molecule has 0 radical (unpaired) electrons. The Morgan fingerprint density at radius 2 is 1.51 bits per heavy atom. The van der Waals surface area contributed by atoms with Crippen molar-refractivity contribution >= 4 is 80.7 Å². The molecule has 34 heteroatoms. The second-order valence-corrected chi connectivity index (χ2v) is 26.7. The molecule has 3 aromatic carbocycles. The monoisotopic (exact) mass is 1310 g/mol. The van der Waals surface area contributed by atoms with Gasteiger partial charge in [-0.25, -0.2) is 33.0 Å². The molecule has 29 nitrogen and oxygen atoms in total. The summed E-state index contributed by atoms with van der Waals surface area (Å²) in [6, 6.07) is 24.2. The van der Waals surface area contributed by atoms with Crippen molar-refractivity contribution in [1.29, 1.82) is 0 Å². The number of benzene rings is 3. The van der Waals surface area contributed by atoms with Gasteiger partial charge in [0.05, 0.1) is 43.0 Å². The summed E-state index contributed by atoms with van der Waals surface area (Å²) in [6.07, 6.45) is -10.0. The molecule has 9 atom stereocenters. The third kappa shape index (κ3) is 18.7. The molecule has 13 N–H and O–H groups in total. The highest BCUT2D eigenvalue weighted by atomic mass is 32.2. The SMILES string of the molecule is CC(C)c1c(C(=O)Nc2ccccc2)c(-c2ccccc2)c(-c2ccc(F)cc2)n1CC[C@@H](O)C[C@@H](O)CC(=O)SCCNC(=O)CCNC(=O)C(O)C(C)(C)COP(=O)(O)OP(=O)(O)OCC1OC(n2cnc3c(N)ncnc32)C(O)C1OP(=O)(O)O. The number of halogens is 1. The van der Waals surface area contributed by atoms with Crippen molar-refractivity contribution < 1.29 is 99.9 Å². The molecule has 0 spiro atoms. The predicted octanol–water partition coefficient (Wildman–Crippen LogP) is 4.91. The number of carbonyl (C=O) groups excluding carboxylic acids is 4. The number of para-hydroxylation sites is 1. The van der Waals surface area contributed by atoms with Gasteiger partial charge in [-0.15, -0.1) is 0 Å². The molecule has 1 saturated heterocycles. The smallest absolute Gasteiger partial charge is 0.393 e. The Kier molecular flexibility index (Phi) is 23.7. The Balaban J connectivity index is 0.829. The lowest BCUT2D eigenvalue weighted by atomic mass is 9.87. The Morgan fingerprint density at radius 1 is 0.852 bits per heavy atom. The van der Waals surface area contributed by atoms with Gasteiger partial charge in [0.2, 0.25) is 11.8 Å². The molecular weight excluding hydrogens is 1240 g/mol. The van der Waals surface area contributed by atoms with Crippen LogP contribution in [0.1, 0.15) is 81.6 Å². The van der Waals surface area contributed by atoms with Crippen LogP contribution in [0.2, 0.25) is 0 Å². The first-order valence-corrected chi connectivity index (χ1v) is 32.8. The van der Waals surface area contributed by atoms with E-state index in [9.17, 15) is 77.3 Å². The van der Waals surface area contributed by atoms with Crippen LogP contribution in [-0.2, 0) is 57.2 Å². The predicted molar refractivity (Wildman–Crippen MR) is 317 cm³/mol. The molecule has 1 aliphatic rings. The molecule has 6 aromatic rings. The average Bonchev–Trinajstić information content (AvgIpc) is 1.73. The van der Waals surface area contributed by atoms with Crippen LogP contribution in [0.25, 0.3) is 33.5 Å². The fourth-order valence-electron chi connectivity index (χ4n) is 9.55. The van der Waals surface area contributed by atoms with Crippen LogP contribution in [0.4, 0.5) is 15.9 Å². The van der Waals surface area contributed by atoms with Gasteiger partial charge < -0.3 is 71.0 Å². The van der Waals surface area contributed by atoms with E-state index in [0.29, 0.717) is 33.8 Å². The molecule has 1 fully saturated rings. The number of nitrogen functional groups attached to an aromatic ring is 1. The van der Waals surface area contributed by atoms with Crippen molar-refractivity contribution in [2.24, 2.45) is 5.41 Å². The first kappa shape index (κ1) is 69.3. The third-order valence-electron chi connectivity index (χ3n) is 13.7. The normalized spacial score (nSPS) is 18.8. The number of anilines is 2. The second kappa shape index (κ2) is 30.1. The topological polar surface area (TPSA) is 438 Å². The van der Waals surface area contributed by atoms with E-state index < -0.39 is 108 Å². The summed E-state index contributed by atoms with van der Waals surface area (Å²) in [5, 5.41) is 51.5. The van der Waals surface area contributed by atoms with Gasteiger partial charge in [-0.1, -0.05) is 88.0 Å². The van der Waals surface area contributed by atoms with Crippen LogP contribution in [-0.4, -0.2) is 156 Å². The van der Waals surface area contributed by atoms with Crippen molar-refractivity contribution in [3.05, 3.63) is 115 Å². The lowest BCUT2D eigenvalue weighted by Gasteiger charge is -2.30. The average molecular weight is 1310 g/mol. The third-order valence-corrected chi connectivity index (χ3v) is 17.7. The minimum Gasteiger partial charge on any atom is -0.393 e. The molecule has 4 heterocycles.